The number of aromatic amines is 1. The highest BCUT2D eigenvalue weighted by atomic mass is 35.5. The van der Waals surface area contributed by atoms with Crippen LogP contribution in [0, 0.1) is 0 Å². The number of H-pyrrole nitrogens is 1. The molecule has 1 fully saturated rings. The molecule has 0 atom stereocenters. The molecule has 3 rings (SSSR count). The van der Waals surface area contributed by atoms with Crippen LogP contribution in [0.3, 0.4) is 0 Å². The molecule has 124 valence electrons. The van der Waals surface area contributed by atoms with Crippen molar-refractivity contribution < 1.29 is 9.53 Å². The van der Waals surface area contributed by atoms with Crippen molar-refractivity contribution in [1.29, 1.82) is 0 Å². The van der Waals surface area contributed by atoms with Crippen LogP contribution in [0.2, 0.25) is 0 Å². The second-order valence-corrected chi connectivity index (χ2v) is 6.91. The maximum atomic E-state index is 12.4. The zero-order valence-electron chi connectivity index (χ0n) is 12.7. The molecule has 1 saturated heterocycles. The Morgan fingerprint density at radius 1 is 1.45 bits per heavy atom. The number of thioether (sulfide) groups is 1. The van der Waals surface area contributed by atoms with Gasteiger partial charge in [0, 0.05) is 55.3 Å². The number of nitrogens with zero attached hydrogens (tertiary/aromatic N) is 1. The maximum absolute atomic E-state index is 12.4. The molecule has 1 amide bonds. The second-order valence-electron chi connectivity index (χ2n) is 5.64. The summed E-state index contributed by atoms with van der Waals surface area (Å²) in [7, 11) is 0. The maximum Gasteiger partial charge on any atom is 0.272 e. The van der Waals surface area contributed by atoms with Crippen LogP contribution in [0.25, 0.3) is 0 Å². The van der Waals surface area contributed by atoms with Crippen LogP contribution in [-0.2, 0) is 17.7 Å². The van der Waals surface area contributed by atoms with Gasteiger partial charge < -0.3 is 15.4 Å². The minimum Gasteiger partial charge on any atom is -0.381 e. The molecule has 6 nitrogen and oxygen atoms in total. The van der Waals surface area contributed by atoms with Crippen molar-refractivity contribution in [2.24, 2.45) is 0 Å². The van der Waals surface area contributed by atoms with Crippen LogP contribution in [0.5, 0.6) is 0 Å². The average Bonchev–Trinajstić information content (AvgIpc) is 2.98. The Kier molecular flexibility index (Phi) is 6.14. The number of hydrogen-bond acceptors (Lipinski definition) is 5. The summed E-state index contributed by atoms with van der Waals surface area (Å²) < 4.78 is 5.53. The van der Waals surface area contributed by atoms with E-state index in [1.807, 2.05) is 11.8 Å². The molecule has 0 spiro atoms. The van der Waals surface area contributed by atoms with Gasteiger partial charge in [0.25, 0.3) is 5.91 Å². The van der Waals surface area contributed by atoms with E-state index in [1.54, 1.807) is 0 Å². The first-order valence-electron chi connectivity index (χ1n) is 7.42. The van der Waals surface area contributed by atoms with Crippen molar-refractivity contribution in [2.45, 2.75) is 30.6 Å². The summed E-state index contributed by atoms with van der Waals surface area (Å²) in [6.45, 7) is 3.88. The molecule has 3 N–H and O–H groups in total. The Morgan fingerprint density at radius 3 is 2.95 bits per heavy atom. The van der Waals surface area contributed by atoms with Gasteiger partial charge in [0.15, 0.2) is 5.69 Å². The SMILES string of the molecule is CSC1(CNC(=O)c2n[nH]c3c2CNCC3)CCOCC1.Cl. The van der Waals surface area contributed by atoms with E-state index in [9.17, 15) is 4.79 Å². The zero-order valence-corrected chi connectivity index (χ0v) is 14.4. The topological polar surface area (TPSA) is 79.0 Å². The van der Waals surface area contributed by atoms with E-state index in [0.29, 0.717) is 12.2 Å². The first-order chi connectivity index (χ1) is 10.2. The minimum absolute atomic E-state index is 0. The molecule has 8 heteroatoms. The highest BCUT2D eigenvalue weighted by molar-refractivity contribution is 8.00. The number of nitrogens with one attached hydrogen (secondary N) is 3. The molecule has 22 heavy (non-hydrogen) atoms. The van der Waals surface area contributed by atoms with Crippen LogP contribution >= 0.6 is 24.2 Å². The van der Waals surface area contributed by atoms with Crippen molar-refractivity contribution in [3.05, 3.63) is 17.0 Å². The van der Waals surface area contributed by atoms with Crippen LogP contribution < -0.4 is 10.6 Å². The third kappa shape index (κ3) is 3.59. The van der Waals surface area contributed by atoms with Gasteiger partial charge in [-0.15, -0.1) is 12.4 Å². The molecule has 0 aromatic carbocycles. The van der Waals surface area contributed by atoms with Gasteiger partial charge in [-0.25, -0.2) is 0 Å². The third-order valence-electron chi connectivity index (χ3n) is 4.43. The summed E-state index contributed by atoms with van der Waals surface area (Å²) in [5.74, 6) is -0.0730. The predicted octanol–water partition coefficient (Wildman–Crippen LogP) is 1.12. The average molecular weight is 347 g/mol. The Labute approximate surface area is 140 Å². The highest BCUT2D eigenvalue weighted by Gasteiger charge is 2.33. The van der Waals surface area contributed by atoms with Gasteiger partial charge in [-0.05, 0) is 19.1 Å². The van der Waals surface area contributed by atoms with Gasteiger partial charge in [-0.1, -0.05) is 0 Å². The van der Waals surface area contributed by atoms with E-state index in [2.05, 4.69) is 27.1 Å². The van der Waals surface area contributed by atoms with Crippen molar-refractivity contribution in [1.82, 2.24) is 20.8 Å². The van der Waals surface area contributed by atoms with Crippen LogP contribution in [0.15, 0.2) is 0 Å². The van der Waals surface area contributed by atoms with Crippen molar-refractivity contribution in [2.75, 3.05) is 32.6 Å². The monoisotopic (exact) mass is 346 g/mol. The molecule has 2 aliphatic heterocycles. The first kappa shape index (κ1) is 17.6. The number of ether oxygens (including phenoxy) is 1. The lowest BCUT2D eigenvalue weighted by Gasteiger charge is -2.35. The number of amides is 1. The van der Waals surface area contributed by atoms with E-state index >= 15 is 0 Å². The van der Waals surface area contributed by atoms with Crippen molar-refractivity contribution >= 4 is 30.1 Å². The Bertz CT molecular complexity index is 517. The van der Waals surface area contributed by atoms with Crippen LogP contribution in [0.4, 0.5) is 0 Å². The number of carbonyl (C=O) groups is 1. The fourth-order valence-corrected chi connectivity index (χ4v) is 3.73. The number of hydrogen-bond donors (Lipinski definition) is 3. The lowest BCUT2D eigenvalue weighted by atomic mass is 9.98. The van der Waals surface area contributed by atoms with Gasteiger partial charge in [0.1, 0.15) is 0 Å². The molecule has 1 aromatic rings. The second kappa shape index (κ2) is 7.68. The molecule has 0 unspecified atom stereocenters. The first-order valence-corrected chi connectivity index (χ1v) is 8.64. The molecule has 0 saturated carbocycles. The third-order valence-corrected chi connectivity index (χ3v) is 5.85. The normalized spacial score (nSPS) is 19.9. The lowest BCUT2D eigenvalue weighted by Crippen LogP contribution is -2.44. The quantitative estimate of drug-likeness (QED) is 0.761. The van der Waals surface area contributed by atoms with Gasteiger partial charge in [-0.2, -0.15) is 16.9 Å². The minimum atomic E-state index is -0.0730. The molecular formula is C14H23ClN4O2S. The highest BCUT2D eigenvalue weighted by Crippen LogP contribution is 2.33. The number of aromatic nitrogens is 2. The van der Waals surface area contributed by atoms with E-state index in [-0.39, 0.29) is 23.1 Å². The Morgan fingerprint density at radius 2 is 2.23 bits per heavy atom. The van der Waals surface area contributed by atoms with Gasteiger partial charge in [0.2, 0.25) is 0 Å². The molecule has 0 aliphatic carbocycles. The van der Waals surface area contributed by atoms with E-state index in [4.69, 9.17) is 4.74 Å². The zero-order chi connectivity index (χ0) is 14.7. The number of rotatable bonds is 4. The van der Waals surface area contributed by atoms with Crippen LogP contribution in [0.1, 0.15) is 34.6 Å². The largest absolute Gasteiger partial charge is 0.381 e. The standard InChI is InChI=1S/C14H22N4O2S.ClH/c1-21-14(3-6-20-7-4-14)9-16-13(19)12-10-8-15-5-2-11(10)17-18-12;/h15H,2-9H2,1H3,(H,16,19)(H,17,18);1H. The lowest BCUT2D eigenvalue weighted by molar-refractivity contribution is 0.0741. The van der Waals surface area contributed by atoms with E-state index < -0.39 is 0 Å². The summed E-state index contributed by atoms with van der Waals surface area (Å²) in [4.78, 5) is 12.4. The summed E-state index contributed by atoms with van der Waals surface area (Å²) in [5, 5.41) is 13.6. The molecule has 1 aromatic heterocycles. The van der Waals surface area contributed by atoms with Gasteiger partial charge >= 0.3 is 0 Å². The Hall–Kier alpha value is -0.760. The van der Waals surface area contributed by atoms with Crippen molar-refractivity contribution in [3.63, 3.8) is 0 Å². The summed E-state index contributed by atoms with van der Waals surface area (Å²) >= 11 is 1.83. The van der Waals surface area contributed by atoms with Crippen LogP contribution in [-0.4, -0.2) is 53.4 Å². The van der Waals surface area contributed by atoms with E-state index in [0.717, 1.165) is 56.8 Å². The molecule has 0 bridgehead atoms. The van der Waals surface area contributed by atoms with E-state index in [1.165, 1.54) is 0 Å². The molecule has 2 aliphatic rings. The Balaban J connectivity index is 0.00000176. The molecule has 3 heterocycles. The summed E-state index contributed by atoms with van der Waals surface area (Å²) in [5.41, 5.74) is 2.65. The van der Waals surface area contributed by atoms with Gasteiger partial charge in [0.05, 0.1) is 0 Å². The fraction of sp³-hybridized carbons (Fsp3) is 0.714. The fourth-order valence-electron chi connectivity index (χ4n) is 2.93. The number of carbonyl (C=O) groups excluding carboxylic acids is 1. The van der Waals surface area contributed by atoms with Crippen molar-refractivity contribution in [3.8, 4) is 0 Å². The summed E-state index contributed by atoms with van der Waals surface area (Å²) in [6.07, 6.45) is 4.98. The predicted molar refractivity (Wildman–Crippen MR) is 89.9 cm³/mol. The number of fused-ring (bicyclic) bond motifs is 1. The van der Waals surface area contributed by atoms with Gasteiger partial charge in [-0.3, -0.25) is 9.89 Å². The molecule has 0 radical (unpaired) electrons. The number of halogens is 1. The molecular weight excluding hydrogens is 324 g/mol. The summed E-state index contributed by atoms with van der Waals surface area (Å²) in [6, 6.07) is 0. The smallest absolute Gasteiger partial charge is 0.272 e.